The van der Waals surface area contributed by atoms with Gasteiger partial charge in [-0.3, -0.25) is 9.69 Å². The quantitative estimate of drug-likeness (QED) is 0.841. The Morgan fingerprint density at radius 3 is 2.32 bits per heavy atom. The minimum atomic E-state index is -4.77. The fraction of sp³-hybridized carbons (Fsp3) is 0.263. The van der Waals surface area contributed by atoms with Crippen molar-refractivity contribution in [3.8, 4) is 5.75 Å². The number of halogens is 3. The third-order valence-corrected chi connectivity index (χ3v) is 4.15. The van der Waals surface area contributed by atoms with Gasteiger partial charge in [-0.05, 0) is 43.3 Å². The van der Waals surface area contributed by atoms with Crippen LogP contribution in [0.4, 0.5) is 29.3 Å². The molecule has 1 aliphatic heterocycles. The van der Waals surface area contributed by atoms with Crippen LogP contribution < -0.4 is 15.0 Å². The van der Waals surface area contributed by atoms with E-state index in [1.54, 1.807) is 4.90 Å². The number of rotatable bonds is 5. The van der Waals surface area contributed by atoms with Gasteiger partial charge in [0.1, 0.15) is 12.3 Å². The highest BCUT2D eigenvalue weighted by Crippen LogP contribution is 2.24. The maximum atomic E-state index is 12.5. The van der Waals surface area contributed by atoms with Crippen molar-refractivity contribution < 1.29 is 27.5 Å². The van der Waals surface area contributed by atoms with Crippen LogP contribution in [0.25, 0.3) is 0 Å². The molecule has 1 N–H and O–H groups in total. The summed E-state index contributed by atoms with van der Waals surface area (Å²) >= 11 is 0. The lowest BCUT2D eigenvalue weighted by molar-refractivity contribution is -0.274. The SMILES string of the molecule is Cc1ccc(N2CCN(CC(=O)Nc3ccc(OC(F)(F)F)cc3)C2=O)cc1. The highest BCUT2D eigenvalue weighted by molar-refractivity contribution is 5.99. The van der Waals surface area contributed by atoms with Gasteiger partial charge in [0.25, 0.3) is 0 Å². The number of nitrogens with zero attached hydrogens (tertiary/aromatic N) is 2. The predicted octanol–water partition coefficient (Wildman–Crippen LogP) is 3.77. The van der Waals surface area contributed by atoms with Gasteiger partial charge < -0.3 is 15.0 Å². The van der Waals surface area contributed by atoms with E-state index in [-0.39, 0.29) is 18.3 Å². The van der Waals surface area contributed by atoms with Crippen molar-refractivity contribution in [2.45, 2.75) is 13.3 Å². The van der Waals surface area contributed by atoms with Crippen LogP contribution in [-0.4, -0.2) is 42.8 Å². The molecule has 3 amide bonds. The second kappa shape index (κ2) is 7.79. The summed E-state index contributed by atoms with van der Waals surface area (Å²) in [5.41, 5.74) is 2.15. The summed E-state index contributed by atoms with van der Waals surface area (Å²) in [6.45, 7) is 2.67. The van der Waals surface area contributed by atoms with Crippen molar-refractivity contribution in [2.75, 3.05) is 29.9 Å². The number of hydrogen-bond donors (Lipinski definition) is 1. The maximum Gasteiger partial charge on any atom is 0.573 e. The Balaban J connectivity index is 1.55. The van der Waals surface area contributed by atoms with Gasteiger partial charge >= 0.3 is 12.4 Å². The van der Waals surface area contributed by atoms with Crippen molar-refractivity contribution in [2.24, 2.45) is 0 Å². The first-order valence-corrected chi connectivity index (χ1v) is 8.50. The van der Waals surface area contributed by atoms with E-state index in [1.807, 2.05) is 31.2 Å². The predicted molar refractivity (Wildman–Crippen MR) is 97.2 cm³/mol. The third-order valence-electron chi connectivity index (χ3n) is 4.15. The molecule has 0 unspecified atom stereocenters. The maximum absolute atomic E-state index is 12.5. The van der Waals surface area contributed by atoms with Crippen molar-refractivity contribution in [1.82, 2.24) is 4.90 Å². The average molecular weight is 393 g/mol. The summed E-state index contributed by atoms with van der Waals surface area (Å²) in [6.07, 6.45) is -4.77. The van der Waals surface area contributed by atoms with Crippen molar-refractivity contribution in [3.63, 3.8) is 0 Å². The first-order chi connectivity index (χ1) is 13.2. The van der Waals surface area contributed by atoms with Gasteiger partial charge in [0, 0.05) is 24.5 Å². The van der Waals surface area contributed by atoms with E-state index in [1.165, 1.54) is 17.0 Å². The van der Waals surface area contributed by atoms with Crippen LogP contribution in [0.5, 0.6) is 5.75 Å². The summed E-state index contributed by atoms with van der Waals surface area (Å²) in [7, 11) is 0. The summed E-state index contributed by atoms with van der Waals surface area (Å²) in [5, 5.41) is 2.55. The molecule has 0 atom stereocenters. The second-order valence-corrected chi connectivity index (χ2v) is 6.31. The molecule has 0 radical (unpaired) electrons. The monoisotopic (exact) mass is 393 g/mol. The zero-order chi connectivity index (χ0) is 20.3. The Morgan fingerprint density at radius 2 is 1.71 bits per heavy atom. The fourth-order valence-corrected chi connectivity index (χ4v) is 2.81. The zero-order valence-electron chi connectivity index (χ0n) is 15.0. The molecule has 9 heteroatoms. The normalized spacial score (nSPS) is 14.4. The molecule has 1 saturated heterocycles. The molecule has 6 nitrogen and oxygen atoms in total. The van der Waals surface area contributed by atoms with Crippen LogP contribution in [0.2, 0.25) is 0 Å². The molecular formula is C19H18F3N3O3. The lowest BCUT2D eigenvalue weighted by atomic mass is 10.2. The molecule has 148 valence electrons. The van der Waals surface area contributed by atoms with E-state index < -0.39 is 12.3 Å². The number of nitrogens with one attached hydrogen (secondary N) is 1. The highest BCUT2D eigenvalue weighted by Gasteiger charge is 2.32. The summed E-state index contributed by atoms with van der Waals surface area (Å²) in [6, 6.07) is 12.0. The smallest absolute Gasteiger partial charge is 0.406 e. The number of aryl methyl sites for hydroxylation is 1. The Morgan fingerprint density at radius 1 is 1.07 bits per heavy atom. The molecule has 2 aromatic carbocycles. The van der Waals surface area contributed by atoms with Crippen LogP contribution in [0.3, 0.4) is 0 Å². The largest absolute Gasteiger partial charge is 0.573 e. The number of carbonyl (C=O) groups is 2. The van der Waals surface area contributed by atoms with Crippen molar-refractivity contribution in [3.05, 3.63) is 54.1 Å². The van der Waals surface area contributed by atoms with Crippen LogP contribution in [0, 0.1) is 6.92 Å². The van der Waals surface area contributed by atoms with E-state index >= 15 is 0 Å². The van der Waals surface area contributed by atoms with E-state index in [2.05, 4.69) is 10.1 Å². The summed E-state index contributed by atoms with van der Waals surface area (Å²) in [5.74, 6) is -0.822. The number of urea groups is 1. The molecule has 3 rings (SSSR count). The minimum Gasteiger partial charge on any atom is -0.406 e. The van der Waals surface area contributed by atoms with Gasteiger partial charge in [0.15, 0.2) is 0 Å². The molecule has 0 spiro atoms. The number of carbonyl (C=O) groups excluding carboxylic acids is 2. The summed E-state index contributed by atoms with van der Waals surface area (Å²) < 4.78 is 40.2. The Kier molecular flexibility index (Phi) is 5.43. The topological polar surface area (TPSA) is 61.9 Å². The Hall–Kier alpha value is -3.23. The van der Waals surface area contributed by atoms with E-state index in [4.69, 9.17) is 0 Å². The minimum absolute atomic E-state index is 0.151. The molecule has 0 aromatic heterocycles. The highest BCUT2D eigenvalue weighted by atomic mass is 19.4. The van der Waals surface area contributed by atoms with Crippen molar-refractivity contribution >= 4 is 23.3 Å². The lowest BCUT2D eigenvalue weighted by Crippen LogP contribution is -2.37. The standard InChI is InChI=1S/C19H18F3N3O3/c1-13-2-6-15(7-3-13)25-11-10-24(18(25)27)12-17(26)23-14-4-8-16(9-5-14)28-19(20,21)22/h2-9H,10-12H2,1H3,(H,23,26). The zero-order valence-corrected chi connectivity index (χ0v) is 15.0. The molecule has 1 aliphatic rings. The van der Waals surface area contributed by atoms with Gasteiger partial charge in [-0.15, -0.1) is 13.2 Å². The number of ether oxygens (including phenoxy) is 1. The van der Waals surface area contributed by atoms with Gasteiger partial charge in [-0.1, -0.05) is 17.7 Å². The molecule has 1 heterocycles. The van der Waals surface area contributed by atoms with Crippen LogP contribution >= 0.6 is 0 Å². The Bertz CT molecular complexity index is 851. The van der Waals surface area contributed by atoms with E-state index in [9.17, 15) is 22.8 Å². The van der Waals surface area contributed by atoms with Crippen LogP contribution in [0.1, 0.15) is 5.56 Å². The molecule has 2 aromatic rings. The molecular weight excluding hydrogens is 375 g/mol. The number of amides is 3. The molecule has 0 saturated carbocycles. The van der Waals surface area contributed by atoms with Crippen LogP contribution in [-0.2, 0) is 4.79 Å². The fourth-order valence-electron chi connectivity index (χ4n) is 2.81. The van der Waals surface area contributed by atoms with Gasteiger partial charge in [0.2, 0.25) is 5.91 Å². The van der Waals surface area contributed by atoms with Gasteiger partial charge in [-0.25, -0.2) is 4.79 Å². The van der Waals surface area contributed by atoms with Gasteiger partial charge in [0.05, 0.1) is 0 Å². The summed E-state index contributed by atoms with van der Waals surface area (Å²) in [4.78, 5) is 27.7. The lowest BCUT2D eigenvalue weighted by Gasteiger charge is -2.18. The van der Waals surface area contributed by atoms with E-state index in [0.717, 1.165) is 23.4 Å². The first kappa shape index (κ1) is 19.5. The number of hydrogen-bond acceptors (Lipinski definition) is 3. The van der Waals surface area contributed by atoms with Crippen molar-refractivity contribution in [1.29, 1.82) is 0 Å². The van der Waals surface area contributed by atoms with Gasteiger partial charge in [-0.2, -0.15) is 0 Å². The molecule has 0 bridgehead atoms. The Labute approximate surface area is 159 Å². The van der Waals surface area contributed by atoms with Crippen LogP contribution in [0.15, 0.2) is 48.5 Å². The average Bonchev–Trinajstić information content (AvgIpc) is 2.97. The molecule has 0 aliphatic carbocycles. The second-order valence-electron chi connectivity index (χ2n) is 6.31. The van der Waals surface area contributed by atoms with E-state index in [0.29, 0.717) is 18.8 Å². The number of alkyl halides is 3. The number of anilines is 2. The third kappa shape index (κ3) is 4.93. The number of benzene rings is 2. The first-order valence-electron chi connectivity index (χ1n) is 8.50. The molecule has 28 heavy (non-hydrogen) atoms. The molecule has 1 fully saturated rings.